The molecule has 1 saturated heterocycles. The first kappa shape index (κ1) is 15.9. The fourth-order valence-corrected chi connectivity index (χ4v) is 2.80. The van der Waals surface area contributed by atoms with E-state index in [-0.39, 0.29) is 5.75 Å². The van der Waals surface area contributed by atoms with Crippen molar-refractivity contribution in [2.75, 3.05) is 37.0 Å². The van der Waals surface area contributed by atoms with Gasteiger partial charge in [0.1, 0.15) is 0 Å². The Morgan fingerprint density at radius 2 is 1.96 bits per heavy atom. The molecule has 2 aromatic carbocycles. The van der Waals surface area contributed by atoms with E-state index < -0.39 is 5.97 Å². The number of anilines is 1. The third-order valence-electron chi connectivity index (χ3n) is 3.87. The average molecular weight is 329 g/mol. The minimum Gasteiger partial charge on any atom is -0.421 e. The molecule has 0 atom stereocenters. The van der Waals surface area contributed by atoms with Gasteiger partial charge in [-0.25, -0.2) is 4.79 Å². The maximum atomic E-state index is 12.1. The molecule has 0 radical (unpaired) electrons. The number of hydrogen-bond donors (Lipinski definition) is 1. The van der Waals surface area contributed by atoms with E-state index in [0.717, 1.165) is 29.5 Å². The van der Waals surface area contributed by atoms with Crippen molar-refractivity contribution in [2.24, 2.45) is 0 Å². The number of benzene rings is 2. The Kier molecular flexibility index (Phi) is 4.88. The summed E-state index contributed by atoms with van der Waals surface area (Å²) in [6.07, 6.45) is 0. The van der Waals surface area contributed by atoms with E-state index in [9.17, 15) is 4.79 Å². The molecule has 1 fully saturated rings. The quantitative estimate of drug-likeness (QED) is 0.405. The molecule has 1 heterocycles. The fraction of sp³-hybridized carbons (Fsp3) is 0.278. The summed E-state index contributed by atoms with van der Waals surface area (Å²) >= 11 is 4.08. The summed E-state index contributed by atoms with van der Waals surface area (Å²) < 4.78 is 11.0. The summed E-state index contributed by atoms with van der Waals surface area (Å²) in [4.78, 5) is 14.3. The van der Waals surface area contributed by atoms with Gasteiger partial charge in [0.05, 0.1) is 18.9 Å². The molecule has 0 saturated carbocycles. The molecule has 0 N–H and O–H groups in total. The lowest BCUT2D eigenvalue weighted by Gasteiger charge is -2.31. The van der Waals surface area contributed by atoms with Gasteiger partial charge in [-0.2, -0.15) is 12.6 Å². The molecule has 5 heteroatoms. The second-order valence-corrected chi connectivity index (χ2v) is 5.70. The molecule has 0 unspecified atom stereocenters. The number of fused-ring (bicyclic) bond motifs is 1. The van der Waals surface area contributed by atoms with E-state index >= 15 is 0 Å². The van der Waals surface area contributed by atoms with E-state index in [1.165, 1.54) is 0 Å². The molecule has 0 aliphatic carbocycles. The SMILES string of the molecule is C=C(CS)C(=O)Oc1ccc2ccccc2c1N1CCOCC1. The van der Waals surface area contributed by atoms with Crippen molar-refractivity contribution in [2.45, 2.75) is 0 Å². The molecule has 0 spiro atoms. The van der Waals surface area contributed by atoms with Crippen LogP contribution in [0.15, 0.2) is 48.6 Å². The zero-order valence-electron chi connectivity index (χ0n) is 12.8. The first-order chi connectivity index (χ1) is 11.2. The molecule has 4 nitrogen and oxygen atoms in total. The summed E-state index contributed by atoms with van der Waals surface area (Å²) in [6, 6.07) is 11.9. The van der Waals surface area contributed by atoms with Crippen molar-refractivity contribution in [1.29, 1.82) is 0 Å². The summed E-state index contributed by atoms with van der Waals surface area (Å²) in [5, 5.41) is 2.18. The number of hydrogen-bond acceptors (Lipinski definition) is 5. The first-order valence-electron chi connectivity index (χ1n) is 7.56. The number of esters is 1. The summed E-state index contributed by atoms with van der Waals surface area (Å²) in [7, 11) is 0. The molecule has 0 bridgehead atoms. The van der Waals surface area contributed by atoms with Gasteiger partial charge >= 0.3 is 5.97 Å². The summed E-state index contributed by atoms with van der Waals surface area (Å²) in [5.74, 6) is 0.391. The van der Waals surface area contributed by atoms with Crippen molar-refractivity contribution in [3.05, 3.63) is 48.6 Å². The van der Waals surface area contributed by atoms with Crippen LogP contribution in [0.3, 0.4) is 0 Å². The van der Waals surface area contributed by atoms with Crippen LogP contribution in [0.1, 0.15) is 0 Å². The molecular weight excluding hydrogens is 310 g/mol. The van der Waals surface area contributed by atoms with Crippen LogP contribution in [0.5, 0.6) is 5.75 Å². The van der Waals surface area contributed by atoms with Crippen molar-refractivity contribution in [1.82, 2.24) is 0 Å². The third-order valence-corrected chi connectivity index (χ3v) is 4.25. The van der Waals surface area contributed by atoms with Crippen molar-refractivity contribution in [3.63, 3.8) is 0 Å². The zero-order valence-corrected chi connectivity index (χ0v) is 13.7. The third kappa shape index (κ3) is 3.35. The monoisotopic (exact) mass is 329 g/mol. The Hall–Kier alpha value is -1.98. The topological polar surface area (TPSA) is 38.8 Å². The second-order valence-electron chi connectivity index (χ2n) is 5.38. The number of carbonyl (C=O) groups is 1. The lowest BCUT2D eigenvalue weighted by molar-refractivity contribution is -0.129. The van der Waals surface area contributed by atoms with E-state index in [4.69, 9.17) is 9.47 Å². The van der Waals surface area contributed by atoms with Crippen molar-refractivity contribution >= 4 is 35.1 Å². The van der Waals surface area contributed by atoms with Gasteiger partial charge in [0.15, 0.2) is 5.75 Å². The highest BCUT2D eigenvalue weighted by Crippen LogP contribution is 2.37. The smallest absolute Gasteiger partial charge is 0.339 e. The van der Waals surface area contributed by atoms with Crippen molar-refractivity contribution < 1.29 is 14.3 Å². The Bertz CT molecular complexity index is 738. The number of nitrogens with zero attached hydrogens (tertiary/aromatic N) is 1. The maximum absolute atomic E-state index is 12.1. The van der Waals surface area contributed by atoms with Crippen LogP contribution in [0.2, 0.25) is 0 Å². The predicted octanol–water partition coefficient (Wildman–Crippen LogP) is 3.07. The number of ether oxygens (including phenoxy) is 2. The molecule has 3 rings (SSSR count). The van der Waals surface area contributed by atoms with Crippen LogP contribution in [0, 0.1) is 0 Å². The van der Waals surface area contributed by atoms with Gasteiger partial charge in [0, 0.05) is 29.8 Å². The first-order valence-corrected chi connectivity index (χ1v) is 8.19. The molecule has 0 amide bonds. The largest absolute Gasteiger partial charge is 0.421 e. The molecule has 1 aliphatic heterocycles. The maximum Gasteiger partial charge on any atom is 0.339 e. The van der Waals surface area contributed by atoms with Crippen LogP contribution in [-0.4, -0.2) is 38.0 Å². The van der Waals surface area contributed by atoms with Crippen LogP contribution in [-0.2, 0) is 9.53 Å². The summed E-state index contributed by atoms with van der Waals surface area (Å²) in [6.45, 7) is 6.56. The van der Waals surface area contributed by atoms with E-state index in [2.05, 4.69) is 30.2 Å². The van der Waals surface area contributed by atoms with Crippen LogP contribution >= 0.6 is 12.6 Å². The minimum atomic E-state index is -0.440. The molecular formula is C18H19NO3S. The number of thiol groups is 1. The van der Waals surface area contributed by atoms with Gasteiger partial charge in [-0.15, -0.1) is 0 Å². The molecule has 120 valence electrons. The highest BCUT2D eigenvalue weighted by Gasteiger charge is 2.20. The molecule has 2 aromatic rings. The normalized spacial score (nSPS) is 14.7. The van der Waals surface area contributed by atoms with Gasteiger partial charge in [-0.1, -0.05) is 36.9 Å². The minimum absolute atomic E-state index is 0.277. The van der Waals surface area contributed by atoms with Gasteiger partial charge in [-0.3, -0.25) is 0 Å². The highest BCUT2D eigenvalue weighted by atomic mass is 32.1. The van der Waals surface area contributed by atoms with Crippen LogP contribution in [0.4, 0.5) is 5.69 Å². The number of carbonyl (C=O) groups excluding carboxylic acids is 1. The number of morpholine rings is 1. The van der Waals surface area contributed by atoms with Gasteiger partial charge in [0.2, 0.25) is 0 Å². The molecule has 1 aliphatic rings. The number of rotatable bonds is 4. The zero-order chi connectivity index (χ0) is 16.2. The average Bonchev–Trinajstić information content (AvgIpc) is 2.61. The summed E-state index contributed by atoms with van der Waals surface area (Å²) in [5.41, 5.74) is 1.28. The van der Waals surface area contributed by atoms with E-state index in [1.807, 2.05) is 30.3 Å². The van der Waals surface area contributed by atoms with Crippen LogP contribution in [0.25, 0.3) is 10.8 Å². The van der Waals surface area contributed by atoms with Crippen molar-refractivity contribution in [3.8, 4) is 5.75 Å². The standard InChI is InChI=1S/C18H19NO3S/c1-13(12-23)18(20)22-16-7-6-14-4-2-3-5-15(14)17(16)19-8-10-21-11-9-19/h2-7,23H,1,8-12H2. The Morgan fingerprint density at radius 3 is 2.70 bits per heavy atom. The predicted molar refractivity (Wildman–Crippen MR) is 95.6 cm³/mol. The van der Waals surface area contributed by atoms with Gasteiger partial charge in [-0.05, 0) is 11.5 Å². The lowest BCUT2D eigenvalue weighted by Crippen LogP contribution is -2.36. The molecule has 23 heavy (non-hydrogen) atoms. The van der Waals surface area contributed by atoms with E-state index in [0.29, 0.717) is 24.5 Å². The highest BCUT2D eigenvalue weighted by molar-refractivity contribution is 7.80. The Labute approximate surface area is 141 Å². The van der Waals surface area contributed by atoms with E-state index in [1.54, 1.807) is 0 Å². The lowest BCUT2D eigenvalue weighted by atomic mass is 10.1. The fourth-order valence-electron chi connectivity index (χ4n) is 2.67. The van der Waals surface area contributed by atoms with Gasteiger partial charge < -0.3 is 14.4 Å². The van der Waals surface area contributed by atoms with Gasteiger partial charge in [0.25, 0.3) is 0 Å². The second kappa shape index (κ2) is 7.06. The van der Waals surface area contributed by atoms with Crippen LogP contribution < -0.4 is 9.64 Å². The Morgan fingerprint density at radius 1 is 1.22 bits per heavy atom. The Balaban J connectivity index is 2.05. The molecule has 0 aromatic heterocycles.